The molecule has 0 bridgehead atoms. The molecule has 0 saturated heterocycles. The predicted molar refractivity (Wildman–Crippen MR) is 175 cm³/mol. The van der Waals surface area contributed by atoms with Crippen LogP contribution in [0.15, 0.2) is 24.3 Å². The lowest BCUT2D eigenvalue weighted by Crippen LogP contribution is -2.25. The molecule has 0 aliphatic carbocycles. The highest BCUT2D eigenvalue weighted by Gasteiger charge is 2.08. The molecule has 0 fully saturated rings. The Morgan fingerprint density at radius 1 is 0.703 bits per heavy atom. The van der Waals surface area contributed by atoms with Gasteiger partial charge in [0.2, 0.25) is 0 Å². The molecular formula is C34H74N2O. The Morgan fingerprint density at radius 3 is 1.46 bits per heavy atom. The number of aliphatic hydroxyl groups is 1. The Morgan fingerprint density at radius 2 is 1.14 bits per heavy atom. The highest BCUT2D eigenvalue weighted by atomic mass is 16.3. The molecular weight excluding hydrogens is 452 g/mol. The third-order valence-electron chi connectivity index (χ3n) is 4.89. The number of nitrogens with zero attached hydrogens (tertiary/aromatic N) is 2. The summed E-state index contributed by atoms with van der Waals surface area (Å²) in [6.07, 6.45) is 7.02. The largest absolute Gasteiger partial charge is 0.388 e. The van der Waals surface area contributed by atoms with Crippen LogP contribution in [-0.4, -0.2) is 55.7 Å². The van der Waals surface area contributed by atoms with Crippen molar-refractivity contribution < 1.29 is 5.11 Å². The van der Waals surface area contributed by atoms with Gasteiger partial charge in [0.1, 0.15) is 0 Å². The van der Waals surface area contributed by atoms with E-state index in [0.717, 1.165) is 17.9 Å². The van der Waals surface area contributed by atoms with Crippen molar-refractivity contribution >= 4 is 0 Å². The van der Waals surface area contributed by atoms with Gasteiger partial charge in [-0.1, -0.05) is 132 Å². The molecule has 1 aromatic rings. The third kappa shape index (κ3) is 45.4. The summed E-state index contributed by atoms with van der Waals surface area (Å²) in [7, 11) is 6.49. The maximum absolute atomic E-state index is 9.78. The number of aliphatic hydroxyl groups excluding tert-OH is 1. The molecule has 0 spiro atoms. The van der Waals surface area contributed by atoms with Crippen molar-refractivity contribution in [1.29, 1.82) is 0 Å². The molecule has 226 valence electrons. The van der Waals surface area contributed by atoms with Gasteiger partial charge in [-0.3, -0.25) is 0 Å². The third-order valence-corrected chi connectivity index (χ3v) is 4.89. The number of benzene rings is 1. The summed E-state index contributed by atoms with van der Waals surface area (Å²) >= 11 is 0. The van der Waals surface area contributed by atoms with Crippen molar-refractivity contribution in [1.82, 2.24) is 9.80 Å². The van der Waals surface area contributed by atoms with E-state index >= 15 is 0 Å². The number of aryl methyl sites for hydroxylation is 1. The van der Waals surface area contributed by atoms with Gasteiger partial charge in [0.05, 0.1) is 6.10 Å². The van der Waals surface area contributed by atoms with Crippen LogP contribution in [-0.2, 0) is 0 Å². The van der Waals surface area contributed by atoms with Crippen LogP contribution in [0.4, 0.5) is 0 Å². The molecule has 1 N–H and O–H groups in total. The molecule has 37 heavy (non-hydrogen) atoms. The Labute approximate surface area is 237 Å². The fraction of sp³-hybridized carbons (Fsp3) is 0.824. The molecule has 3 nitrogen and oxygen atoms in total. The normalized spacial score (nSPS) is 10.5. The van der Waals surface area contributed by atoms with Gasteiger partial charge in [0.15, 0.2) is 0 Å². The maximum atomic E-state index is 9.78. The molecule has 1 unspecified atom stereocenters. The first-order chi connectivity index (χ1) is 17.4. The lowest BCUT2D eigenvalue weighted by Gasteiger charge is -2.18. The molecule has 0 amide bonds. The standard InChI is InChI=1S/C12H18O.C11H26N2.C4H10.C3H8.2C2H6/c1-9(2)8-12(13)11-6-4-10(3)5-7-11;1-11(2)7-10-13(5)9-6-8-12(3)4;1-3-4-2;1-3-2;2*1-2/h4-7,9,12-13H,8H2,1-3H3;11H,6-10H2,1-5H3;3-4H2,1-2H3;3H2,1-2H3;2*1-2H3. The zero-order chi connectivity index (χ0) is 30.2. The van der Waals surface area contributed by atoms with Crippen molar-refractivity contribution in [3.8, 4) is 0 Å². The van der Waals surface area contributed by atoms with E-state index in [1.54, 1.807) is 0 Å². The summed E-state index contributed by atoms with van der Waals surface area (Å²) in [5.74, 6) is 1.37. The summed E-state index contributed by atoms with van der Waals surface area (Å²) in [6, 6.07) is 8.09. The van der Waals surface area contributed by atoms with E-state index in [1.165, 1.54) is 57.3 Å². The fourth-order valence-corrected chi connectivity index (χ4v) is 2.62. The van der Waals surface area contributed by atoms with Gasteiger partial charge in [-0.15, -0.1) is 0 Å². The quantitative estimate of drug-likeness (QED) is 0.310. The Balaban J connectivity index is -0.000000133. The molecule has 1 aromatic carbocycles. The van der Waals surface area contributed by atoms with Crippen LogP contribution in [0.5, 0.6) is 0 Å². The molecule has 0 heterocycles. The van der Waals surface area contributed by atoms with Gasteiger partial charge >= 0.3 is 0 Å². The van der Waals surface area contributed by atoms with E-state index < -0.39 is 0 Å². The zero-order valence-corrected chi connectivity index (χ0v) is 28.7. The topological polar surface area (TPSA) is 26.7 Å². The van der Waals surface area contributed by atoms with Crippen molar-refractivity contribution in [2.45, 2.75) is 135 Å². The van der Waals surface area contributed by atoms with Crippen LogP contribution in [0.1, 0.15) is 139 Å². The first-order valence-electron chi connectivity index (χ1n) is 15.5. The SMILES string of the molecule is CC.CC.CC(C)CCN(C)CCCN(C)C.CCC.CCCC.Cc1ccc(C(O)CC(C)C)cc1. The first-order valence-corrected chi connectivity index (χ1v) is 15.5. The van der Waals surface area contributed by atoms with Gasteiger partial charge in [-0.25, -0.2) is 0 Å². The second kappa shape index (κ2) is 37.3. The van der Waals surface area contributed by atoms with Crippen LogP contribution in [0.3, 0.4) is 0 Å². The molecule has 3 heteroatoms. The van der Waals surface area contributed by atoms with Crippen LogP contribution in [0.2, 0.25) is 0 Å². The summed E-state index contributed by atoms with van der Waals surface area (Å²) in [6.45, 7) is 31.1. The minimum Gasteiger partial charge on any atom is -0.388 e. The molecule has 0 saturated carbocycles. The van der Waals surface area contributed by atoms with E-state index in [2.05, 4.69) is 93.3 Å². The highest BCUT2D eigenvalue weighted by molar-refractivity contribution is 5.22. The molecule has 0 aromatic heterocycles. The lowest BCUT2D eigenvalue weighted by molar-refractivity contribution is 0.151. The van der Waals surface area contributed by atoms with E-state index in [0.29, 0.717) is 5.92 Å². The molecule has 1 rings (SSSR count). The van der Waals surface area contributed by atoms with E-state index in [1.807, 2.05) is 52.0 Å². The van der Waals surface area contributed by atoms with Gasteiger partial charge in [0, 0.05) is 0 Å². The fourth-order valence-electron chi connectivity index (χ4n) is 2.62. The first kappa shape index (κ1) is 46.0. The predicted octanol–water partition coefficient (Wildman–Crippen LogP) is 10.3. The summed E-state index contributed by atoms with van der Waals surface area (Å²) in [5.41, 5.74) is 2.26. The molecule has 0 aliphatic rings. The lowest BCUT2D eigenvalue weighted by atomic mass is 9.99. The smallest absolute Gasteiger partial charge is 0.0792 e. The second-order valence-corrected chi connectivity index (χ2v) is 10.4. The van der Waals surface area contributed by atoms with Gasteiger partial charge in [-0.2, -0.15) is 0 Å². The van der Waals surface area contributed by atoms with Crippen LogP contribution >= 0.6 is 0 Å². The monoisotopic (exact) mass is 527 g/mol. The zero-order valence-electron chi connectivity index (χ0n) is 28.7. The minimum absolute atomic E-state index is 0.305. The summed E-state index contributed by atoms with van der Waals surface area (Å²) in [5, 5.41) is 9.78. The Hall–Kier alpha value is -0.900. The van der Waals surface area contributed by atoms with Crippen LogP contribution in [0, 0.1) is 18.8 Å². The van der Waals surface area contributed by atoms with Crippen LogP contribution in [0.25, 0.3) is 0 Å². The average molecular weight is 527 g/mol. The summed E-state index contributed by atoms with van der Waals surface area (Å²) < 4.78 is 0. The van der Waals surface area contributed by atoms with Crippen molar-refractivity contribution in [2.75, 3.05) is 40.8 Å². The molecule has 1 atom stereocenters. The second-order valence-electron chi connectivity index (χ2n) is 10.4. The Kier molecular flexibility index (Phi) is 46.3. The van der Waals surface area contributed by atoms with Crippen molar-refractivity contribution in [2.24, 2.45) is 11.8 Å². The minimum atomic E-state index is -0.305. The molecule has 0 radical (unpaired) electrons. The van der Waals surface area contributed by atoms with Crippen molar-refractivity contribution in [3.63, 3.8) is 0 Å². The highest BCUT2D eigenvalue weighted by Crippen LogP contribution is 2.20. The maximum Gasteiger partial charge on any atom is 0.0792 e. The Bertz CT molecular complexity index is 481. The van der Waals surface area contributed by atoms with Gasteiger partial charge in [0.25, 0.3) is 0 Å². The van der Waals surface area contributed by atoms with Gasteiger partial charge in [-0.05, 0) is 84.4 Å². The average Bonchev–Trinajstić information content (AvgIpc) is 2.86. The molecule has 0 aliphatic heterocycles. The number of hydrogen-bond donors (Lipinski definition) is 1. The van der Waals surface area contributed by atoms with Crippen LogP contribution < -0.4 is 0 Å². The van der Waals surface area contributed by atoms with Gasteiger partial charge < -0.3 is 14.9 Å². The summed E-state index contributed by atoms with van der Waals surface area (Å²) in [4.78, 5) is 4.68. The van der Waals surface area contributed by atoms with E-state index in [9.17, 15) is 5.11 Å². The number of rotatable bonds is 11. The number of unbranched alkanes of at least 4 members (excludes halogenated alkanes) is 1. The van der Waals surface area contributed by atoms with E-state index in [4.69, 9.17) is 0 Å². The van der Waals surface area contributed by atoms with Crippen molar-refractivity contribution in [3.05, 3.63) is 35.4 Å². The number of hydrogen-bond acceptors (Lipinski definition) is 3. The van der Waals surface area contributed by atoms with E-state index in [-0.39, 0.29) is 6.10 Å².